The molecule has 0 bridgehead atoms. The highest BCUT2D eigenvalue weighted by Gasteiger charge is 2.10. The van der Waals surface area contributed by atoms with E-state index in [0.29, 0.717) is 10.6 Å². The Morgan fingerprint density at radius 1 is 1.47 bits per heavy atom. The van der Waals surface area contributed by atoms with Crippen LogP contribution in [0.5, 0.6) is 5.06 Å². The number of nitrogens with zero attached hydrogens (tertiary/aromatic N) is 1. The third-order valence-corrected chi connectivity index (χ3v) is 2.55. The van der Waals surface area contributed by atoms with Gasteiger partial charge < -0.3 is 9.57 Å². The van der Waals surface area contributed by atoms with Crippen LogP contribution in [-0.4, -0.2) is 17.8 Å². The Kier molecular flexibility index (Phi) is 2.73. The molecule has 0 fully saturated rings. The van der Waals surface area contributed by atoms with Crippen LogP contribution in [-0.2, 0) is 0 Å². The molecule has 0 atom stereocenters. The molecule has 0 aliphatic rings. The van der Waals surface area contributed by atoms with Crippen LogP contribution in [0.15, 0.2) is 36.0 Å². The molecule has 0 saturated carbocycles. The number of carbonyl (C=O) groups is 1. The van der Waals surface area contributed by atoms with Crippen molar-refractivity contribution in [1.29, 1.82) is 0 Å². The van der Waals surface area contributed by atoms with Gasteiger partial charge in [-0.05, 0) is 23.6 Å². The van der Waals surface area contributed by atoms with E-state index in [-0.39, 0.29) is 5.97 Å². The molecule has 78 valence electrons. The Balaban J connectivity index is 2.08. The molecule has 0 unspecified atom stereocenters. The second kappa shape index (κ2) is 4.18. The van der Waals surface area contributed by atoms with E-state index >= 15 is 0 Å². The summed E-state index contributed by atoms with van der Waals surface area (Å²) < 4.78 is 6.54. The van der Waals surface area contributed by atoms with E-state index in [1.807, 2.05) is 11.4 Å². The lowest BCUT2D eigenvalue weighted by molar-refractivity contribution is 0.0738. The topological polar surface area (TPSA) is 40.5 Å². The van der Waals surface area contributed by atoms with E-state index < -0.39 is 0 Å². The van der Waals surface area contributed by atoms with Gasteiger partial charge in [0, 0.05) is 6.20 Å². The summed E-state index contributed by atoms with van der Waals surface area (Å²) in [6.45, 7) is 0. The van der Waals surface area contributed by atoms with Gasteiger partial charge in [-0.25, -0.2) is 4.79 Å². The van der Waals surface area contributed by atoms with Crippen molar-refractivity contribution in [3.05, 3.63) is 41.5 Å². The Morgan fingerprint density at radius 3 is 2.93 bits per heavy atom. The molecule has 0 aliphatic carbocycles. The zero-order valence-corrected chi connectivity index (χ0v) is 8.86. The first-order chi connectivity index (χ1) is 7.29. The first kappa shape index (κ1) is 9.79. The van der Waals surface area contributed by atoms with Gasteiger partial charge in [0.05, 0.1) is 11.8 Å². The molecule has 2 rings (SSSR count). The largest absolute Gasteiger partial charge is 0.418 e. The molecule has 0 spiro atoms. The van der Waals surface area contributed by atoms with Crippen LogP contribution < -0.4 is 9.57 Å². The highest BCUT2D eigenvalue weighted by molar-refractivity contribution is 7.11. The first-order valence-electron chi connectivity index (χ1n) is 4.28. The predicted octanol–water partition coefficient (Wildman–Crippen LogP) is 1.83. The summed E-state index contributed by atoms with van der Waals surface area (Å²) >= 11 is 1.38. The number of ether oxygens (including phenoxy) is 1. The molecular formula is C10H9NO3S. The number of aromatic nitrogens is 1. The van der Waals surface area contributed by atoms with Crippen molar-refractivity contribution >= 4 is 17.3 Å². The Labute approximate surface area is 90.6 Å². The van der Waals surface area contributed by atoms with Gasteiger partial charge in [0.25, 0.3) is 0 Å². The minimum atomic E-state index is -0.381. The van der Waals surface area contributed by atoms with Gasteiger partial charge in [-0.15, -0.1) is 11.3 Å². The maximum Gasteiger partial charge on any atom is 0.346 e. The molecule has 2 heterocycles. The Morgan fingerprint density at radius 2 is 2.33 bits per heavy atom. The summed E-state index contributed by atoms with van der Waals surface area (Å²) in [6.07, 6.45) is 3.21. The Bertz CT molecular complexity index is 447. The summed E-state index contributed by atoms with van der Waals surface area (Å²) in [6, 6.07) is 5.21. The van der Waals surface area contributed by atoms with Gasteiger partial charge in [0.2, 0.25) is 0 Å². The van der Waals surface area contributed by atoms with Crippen LogP contribution in [0.4, 0.5) is 0 Å². The average molecular weight is 223 g/mol. The SMILES string of the molecule is COn1ccc(C(=O)Oc2cccs2)c1. The lowest BCUT2D eigenvalue weighted by Crippen LogP contribution is -2.07. The molecule has 0 aliphatic heterocycles. The smallest absolute Gasteiger partial charge is 0.346 e. The lowest BCUT2D eigenvalue weighted by Gasteiger charge is -1.98. The molecule has 0 N–H and O–H groups in total. The van der Waals surface area contributed by atoms with Crippen LogP contribution >= 0.6 is 11.3 Å². The van der Waals surface area contributed by atoms with Crippen LogP contribution in [0.1, 0.15) is 10.4 Å². The number of esters is 1. The van der Waals surface area contributed by atoms with Gasteiger partial charge in [0.15, 0.2) is 5.06 Å². The maximum absolute atomic E-state index is 11.6. The number of hydrogen-bond acceptors (Lipinski definition) is 4. The number of rotatable bonds is 3. The minimum Gasteiger partial charge on any atom is -0.418 e. The Hall–Kier alpha value is -1.75. The van der Waals surface area contributed by atoms with Gasteiger partial charge in [-0.3, -0.25) is 0 Å². The summed E-state index contributed by atoms with van der Waals surface area (Å²) in [5, 5.41) is 2.44. The monoisotopic (exact) mass is 223 g/mol. The molecule has 5 heteroatoms. The number of thiophene rings is 1. The van der Waals surface area contributed by atoms with Gasteiger partial charge >= 0.3 is 5.97 Å². The summed E-state index contributed by atoms with van der Waals surface area (Å²) in [5.74, 6) is -0.381. The minimum absolute atomic E-state index is 0.381. The molecule has 0 radical (unpaired) electrons. The van der Waals surface area contributed by atoms with E-state index in [1.165, 1.54) is 23.2 Å². The van der Waals surface area contributed by atoms with E-state index in [2.05, 4.69) is 0 Å². The van der Waals surface area contributed by atoms with Crippen molar-refractivity contribution in [1.82, 2.24) is 4.73 Å². The zero-order valence-electron chi connectivity index (χ0n) is 8.04. The maximum atomic E-state index is 11.6. The van der Waals surface area contributed by atoms with E-state index in [4.69, 9.17) is 9.57 Å². The van der Waals surface area contributed by atoms with Gasteiger partial charge in [0.1, 0.15) is 7.11 Å². The van der Waals surface area contributed by atoms with Crippen LogP contribution in [0.3, 0.4) is 0 Å². The quantitative estimate of drug-likeness (QED) is 0.745. The fourth-order valence-electron chi connectivity index (χ4n) is 1.08. The molecule has 0 saturated heterocycles. The summed E-state index contributed by atoms with van der Waals surface area (Å²) in [4.78, 5) is 16.4. The molecule has 15 heavy (non-hydrogen) atoms. The van der Waals surface area contributed by atoms with Crippen molar-refractivity contribution in [2.24, 2.45) is 0 Å². The van der Waals surface area contributed by atoms with E-state index in [9.17, 15) is 4.79 Å². The third-order valence-electron chi connectivity index (χ3n) is 1.80. The lowest BCUT2D eigenvalue weighted by atomic mass is 10.3. The van der Waals surface area contributed by atoms with Crippen LogP contribution in [0.25, 0.3) is 0 Å². The van der Waals surface area contributed by atoms with Gasteiger partial charge in [-0.2, -0.15) is 4.73 Å². The number of hydrogen-bond donors (Lipinski definition) is 0. The van der Waals surface area contributed by atoms with Gasteiger partial charge in [-0.1, -0.05) is 0 Å². The van der Waals surface area contributed by atoms with Crippen molar-refractivity contribution in [2.75, 3.05) is 7.11 Å². The fourth-order valence-corrected chi connectivity index (χ4v) is 1.66. The number of carbonyl (C=O) groups excluding carboxylic acids is 1. The molecular weight excluding hydrogens is 214 g/mol. The second-order valence-corrected chi connectivity index (χ2v) is 3.67. The highest BCUT2D eigenvalue weighted by Crippen LogP contribution is 2.19. The summed E-state index contributed by atoms with van der Waals surface area (Å²) in [7, 11) is 1.52. The van der Waals surface area contributed by atoms with E-state index in [1.54, 1.807) is 24.5 Å². The fraction of sp³-hybridized carbons (Fsp3) is 0.100. The van der Waals surface area contributed by atoms with Crippen molar-refractivity contribution < 1.29 is 14.4 Å². The van der Waals surface area contributed by atoms with Crippen LogP contribution in [0.2, 0.25) is 0 Å². The first-order valence-corrected chi connectivity index (χ1v) is 5.16. The van der Waals surface area contributed by atoms with Crippen molar-refractivity contribution in [3.8, 4) is 5.06 Å². The molecule has 0 amide bonds. The van der Waals surface area contributed by atoms with Crippen molar-refractivity contribution in [2.45, 2.75) is 0 Å². The van der Waals surface area contributed by atoms with Crippen LogP contribution in [0, 0.1) is 0 Å². The van der Waals surface area contributed by atoms with Crippen molar-refractivity contribution in [3.63, 3.8) is 0 Å². The standard InChI is InChI=1S/C10H9NO3S/c1-13-11-5-4-8(7-11)10(12)14-9-3-2-6-15-9/h2-7H,1H3. The molecule has 2 aromatic rings. The normalized spacial score (nSPS) is 9.93. The third kappa shape index (κ3) is 2.19. The zero-order chi connectivity index (χ0) is 10.7. The molecule has 4 nitrogen and oxygen atoms in total. The average Bonchev–Trinajstić information content (AvgIpc) is 2.86. The van der Waals surface area contributed by atoms with E-state index in [0.717, 1.165) is 0 Å². The predicted molar refractivity (Wildman–Crippen MR) is 56.2 cm³/mol. The second-order valence-electron chi connectivity index (χ2n) is 2.76. The summed E-state index contributed by atoms with van der Waals surface area (Å²) in [5.41, 5.74) is 0.463. The highest BCUT2D eigenvalue weighted by atomic mass is 32.1. The molecule has 0 aromatic carbocycles. The molecule has 2 aromatic heterocycles.